The number of hydrogen-bond donors (Lipinski definition) is 1. The first kappa shape index (κ1) is 13.4. The fourth-order valence-corrected chi connectivity index (χ4v) is 4.22. The van der Waals surface area contributed by atoms with Crippen LogP contribution < -0.4 is 14.8 Å². The molecular weight excluding hydrogens is 266 g/mol. The molecule has 21 heavy (non-hydrogen) atoms. The molecule has 4 heteroatoms. The molecule has 1 aliphatic carbocycles. The van der Waals surface area contributed by atoms with E-state index in [1.54, 1.807) is 0 Å². The Labute approximate surface area is 125 Å². The molecule has 3 atom stereocenters. The third kappa shape index (κ3) is 2.12. The van der Waals surface area contributed by atoms with Gasteiger partial charge in [0.25, 0.3) is 0 Å². The number of nitrogens with one attached hydrogen (secondary N) is 1. The molecule has 1 aromatic rings. The van der Waals surface area contributed by atoms with Crippen LogP contribution in [0.4, 0.5) is 0 Å². The lowest BCUT2D eigenvalue weighted by Crippen LogP contribution is -2.69. The zero-order valence-electron chi connectivity index (χ0n) is 12.7. The Morgan fingerprint density at radius 1 is 1.24 bits per heavy atom. The normalized spacial score (nSPS) is 32.4. The minimum Gasteiger partial charge on any atom is -0.454 e. The molecule has 4 nitrogen and oxygen atoms in total. The van der Waals surface area contributed by atoms with E-state index in [0.717, 1.165) is 24.7 Å². The van der Waals surface area contributed by atoms with Gasteiger partial charge in [0.2, 0.25) is 6.79 Å². The van der Waals surface area contributed by atoms with Crippen molar-refractivity contribution in [3.8, 4) is 11.5 Å². The quantitative estimate of drug-likeness (QED) is 0.928. The topological polar surface area (TPSA) is 39.7 Å². The monoisotopic (exact) mass is 289 g/mol. The Morgan fingerprint density at radius 2 is 2.10 bits per heavy atom. The van der Waals surface area contributed by atoms with Crippen molar-refractivity contribution in [3.05, 3.63) is 23.8 Å². The standard InChI is InChI=1S/C17H23NO3/c1-17(2)15(12-4-3-7-19-16(12)17)18-9-11-5-6-13-14(8-11)21-10-20-13/h5-6,8,12,15-16,18H,3-4,7,9-10H2,1-2H3. The van der Waals surface area contributed by atoms with Crippen molar-refractivity contribution in [3.63, 3.8) is 0 Å². The molecule has 0 aromatic heterocycles. The molecule has 0 bridgehead atoms. The number of ether oxygens (including phenoxy) is 3. The molecule has 2 heterocycles. The Morgan fingerprint density at radius 3 is 3.00 bits per heavy atom. The van der Waals surface area contributed by atoms with E-state index in [-0.39, 0.29) is 5.41 Å². The summed E-state index contributed by atoms with van der Waals surface area (Å²) in [6, 6.07) is 6.72. The molecule has 1 N–H and O–H groups in total. The van der Waals surface area contributed by atoms with Crippen molar-refractivity contribution >= 4 is 0 Å². The summed E-state index contributed by atoms with van der Waals surface area (Å²) in [6.45, 7) is 6.77. The molecular formula is C17H23NO3. The van der Waals surface area contributed by atoms with Gasteiger partial charge < -0.3 is 19.5 Å². The second kappa shape index (κ2) is 4.89. The maximum atomic E-state index is 5.96. The fraction of sp³-hybridized carbons (Fsp3) is 0.647. The van der Waals surface area contributed by atoms with Crippen molar-refractivity contribution < 1.29 is 14.2 Å². The lowest BCUT2D eigenvalue weighted by molar-refractivity contribution is -0.192. The Hall–Kier alpha value is -1.26. The van der Waals surface area contributed by atoms with Gasteiger partial charge in [0.15, 0.2) is 11.5 Å². The highest BCUT2D eigenvalue weighted by Gasteiger charge is 2.57. The molecule has 2 aliphatic heterocycles. The first-order valence-electron chi connectivity index (χ1n) is 7.90. The highest BCUT2D eigenvalue weighted by molar-refractivity contribution is 5.44. The predicted octanol–water partition coefficient (Wildman–Crippen LogP) is 2.71. The van der Waals surface area contributed by atoms with E-state index in [2.05, 4.69) is 31.3 Å². The predicted molar refractivity (Wildman–Crippen MR) is 79.4 cm³/mol. The van der Waals surface area contributed by atoms with Crippen LogP contribution in [0.25, 0.3) is 0 Å². The molecule has 3 aliphatic rings. The molecule has 1 aromatic carbocycles. The van der Waals surface area contributed by atoms with Gasteiger partial charge >= 0.3 is 0 Å². The van der Waals surface area contributed by atoms with Crippen LogP contribution in [0.15, 0.2) is 18.2 Å². The summed E-state index contributed by atoms with van der Waals surface area (Å²) < 4.78 is 16.8. The van der Waals surface area contributed by atoms with E-state index < -0.39 is 0 Å². The SMILES string of the molecule is CC1(C)C(NCc2ccc3c(c2)OCO3)C2CCCOC21. The van der Waals surface area contributed by atoms with Gasteiger partial charge in [0.1, 0.15) is 0 Å². The van der Waals surface area contributed by atoms with Gasteiger partial charge in [-0.05, 0) is 30.5 Å². The van der Waals surface area contributed by atoms with Crippen LogP contribution in [0.5, 0.6) is 11.5 Å². The van der Waals surface area contributed by atoms with Gasteiger partial charge in [-0.15, -0.1) is 0 Å². The van der Waals surface area contributed by atoms with Crippen LogP contribution in [-0.2, 0) is 11.3 Å². The summed E-state index contributed by atoms with van der Waals surface area (Å²) in [6.07, 6.45) is 2.91. The number of hydrogen-bond acceptors (Lipinski definition) is 4. The van der Waals surface area contributed by atoms with Gasteiger partial charge in [0, 0.05) is 30.5 Å². The lowest BCUT2D eigenvalue weighted by atomic mass is 9.55. The zero-order chi connectivity index (χ0) is 14.4. The molecule has 1 saturated heterocycles. The highest BCUT2D eigenvalue weighted by atomic mass is 16.7. The molecule has 0 spiro atoms. The molecule has 3 unspecified atom stereocenters. The maximum Gasteiger partial charge on any atom is 0.231 e. The fourth-order valence-electron chi connectivity index (χ4n) is 4.22. The van der Waals surface area contributed by atoms with E-state index in [0.29, 0.717) is 24.9 Å². The average Bonchev–Trinajstić information content (AvgIpc) is 2.95. The van der Waals surface area contributed by atoms with E-state index in [1.807, 2.05) is 6.07 Å². The Bertz CT molecular complexity index is 543. The molecule has 2 fully saturated rings. The van der Waals surface area contributed by atoms with Crippen LogP contribution in [0.1, 0.15) is 32.3 Å². The maximum absolute atomic E-state index is 5.96. The van der Waals surface area contributed by atoms with E-state index in [1.165, 1.54) is 18.4 Å². The second-order valence-electron chi connectivity index (χ2n) is 6.97. The first-order chi connectivity index (χ1) is 10.2. The number of fused-ring (bicyclic) bond motifs is 2. The molecule has 114 valence electrons. The minimum absolute atomic E-state index is 0.224. The van der Waals surface area contributed by atoms with Crippen LogP contribution in [0.3, 0.4) is 0 Å². The van der Waals surface area contributed by atoms with Crippen LogP contribution in [0.2, 0.25) is 0 Å². The van der Waals surface area contributed by atoms with E-state index in [9.17, 15) is 0 Å². The van der Waals surface area contributed by atoms with Crippen LogP contribution in [-0.4, -0.2) is 25.5 Å². The molecule has 4 rings (SSSR count). The minimum atomic E-state index is 0.224. The van der Waals surface area contributed by atoms with Crippen LogP contribution in [0, 0.1) is 11.3 Å². The van der Waals surface area contributed by atoms with Crippen molar-refractivity contribution in [2.45, 2.75) is 45.4 Å². The van der Waals surface area contributed by atoms with Crippen molar-refractivity contribution in [1.29, 1.82) is 0 Å². The number of rotatable bonds is 3. The average molecular weight is 289 g/mol. The van der Waals surface area contributed by atoms with Gasteiger partial charge in [-0.2, -0.15) is 0 Å². The van der Waals surface area contributed by atoms with Gasteiger partial charge in [-0.25, -0.2) is 0 Å². The second-order valence-corrected chi connectivity index (χ2v) is 6.97. The summed E-state index contributed by atoms with van der Waals surface area (Å²) >= 11 is 0. The molecule has 0 radical (unpaired) electrons. The van der Waals surface area contributed by atoms with Crippen molar-refractivity contribution in [1.82, 2.24) is 5.32 Å². The van der Waals surface area contributed by atoms with E-state index in [4.69, 9.17) is 14.2 Å². The van der Waals surface area contributed by atoms with Gasteiger partial charge in [-0.1, -0.05) is 19.9 Å². The molecule has 1 saturated carbocycles. The summed E-state index contributed by atoms with van der Waals surface area (Å²) in [5.41, 5.74) is 1.47. The summed E-state index contributed by atoms with van der Waals surface area (Å²) in [5.74, 6) is 2.38. The molecule has 0 amide bonds. The first-order valence-corrected chi connectivity index (χ1v) is 7.90. The summed E-state index contributed by atoms with van der Waals surface area (Å²) in [7, 11) is 0. The van der Waals surface area contributed by atoms with Gasteiger partial charge in [-0.3, -0.25) is 0 Å². The van der Waals surface area contributed by atoms with Gasteiger partial charge in [0.05, 0.1) is 6.10 Å². The number of benzene rings is 1. The third-order valence-electron chi connectivity index (χ3n) is 5.29. The van der Waals surface area contributed by atoms with E-state index >= 15 is 0 Å². The van der Waals surface area contributed by atoms with Crippen molar-refractivity contribution in [2.24, 2.45) is 11.3 Å². The zero-order valence-corrected chi connectivity index (χ0v) is 12.7. The lowest BCUT2D eigenvalue weighted by Gasteiger charge is -2.60. The Kier molecular flexibility index (Phi) is 3.12. The Balaban J connectivity index is 1.42. The smallest absolute Gasteiger partial charge is 0.231 e. The van der Waals surface area contributed by atoms with Crippen LogP contribution >= 0.6 is 0 Å². The van der Waals surface area contributed by atoms with Crippen molar-refractivity contribution in [2.75, 3.05) is 13.4 Å². The summed E-state index contributed by atoms with van der Waals surface area (Å²) in [4.78, 5) is 0. The highest BCUT2D eigenvalue weighted by Crippen LogP contribution is 2.51. The largest absolute Gasteiger partial charge is 0.454 e. The summed E-state index contributed by atoms with van der Waals surface area (Å²) in [5, 5.41) is 3.74. The third-order valence-corrected chi connectivity index (χ3v) is 5.29.